The van der Waals surface area contributed by atoms with E-state index in [-0.39, 0.29) is 11.8 Å². The van der Waals surface area contributed by atoms with E-state index < -0.39 is 0 Å². The normalized spacial score (nSPS) is 11.0. The van der Waals surface area contributed by atoms with Gasteiger partial charge < -0.3 is 15.2 Å². The van der Waals surface area contributed by atoms with Gasteiger partial charge >= 0.3 is 0 Å². The van der Waals surface area contributed by atoms with Crippen LogP contribution in [0.3, 0.4) is 0 Å². The maximum atomic E-state index is 12.5. The molecule has 30 heavy (non-hydrogen) atoms. The summed E-state index contributed by atoms with van der Waals surface area (Å²) in [6.45, 7) is 7.98. The molecule has 1 aromatic heterocycles. The molecule has 0 aliphatic carbocycles. The van der Waals surface area contributed by atoms with Crippen LogP contribution in [0.25, 0.3) is 11.8 Å². The average molecular weight is 402 g/mol. The molecular formula is C25H27N3O2. The molecule has 2 amide bonds. The lowest BCUT2D eigenvalue weighted by Gasteiger charge is -2.10. The van der Waals surface area contributed by atoms with Crippen LogP contribution in [0.5, 0.6) is 0 Å². The van der Waals surface area contributed by atoms with Crippen molar-refractivity contribution in [1.29, 1.82) is 0 Å². The molecule has 0 spiro atoms. The number of hydrogen-bond acceptors (Lipinski definition) is 2. The second-order valence-electron chi connectivity index (χ2n) is 7.38. The largest absolute Gasteiger partial charge is 0.355 e. The molecule has 0 unspecified atom stereocenters. The van der Waals surface area contributed by atoms with Gasteiger partial charge in [0.15, 0.2) is 0 Å². The molecule has 0 bridgehead atoms. The molecule has 2 aromatic carbocycles. The van der Waals surface area contributed by atoms with E-state index in [1.54, 1.807) is 25.2 Å². The van der Waals surface area contributed by atoms with Gasteiger partial charge in [-0.1, -0.05) is 23.8 Å². The predicted octanol–water partition coefficient (Wildman–Crippen LogP) is 4.72. The Morgan fingerprint density at radius 2 is 1.67 bits per heavy atom. The highest BCUT2D eigenvalue weighted by Gasteiger charge is 2.12. The van der Waals surface area contributed by atoms with E-state index in [1.165, 1.54) is 11.6 Å². The summed E-state index contributed by atoms with van der Waals surface area (Å²) < 4.78 is 2.17. The molecule has 0 aliphatic heterocycles. The minimum atomic E-state index is -0.243. The van der Waals surface area contributed by atoms with Crippen molar-refractivity contribution in [3.05, 3.63) is 88.2 Å². The quantitative estimate of drug-likeness (QED) is 0.608. The summed E-state index contributed by atoms with van der Waals surface area (Å²) in [6.07, 6.45) is 3.34. The number of rotatable bonds is 5. The highest BCUT2D eigenvalue weighted by Crippen LogP contribution is 2.23. The van der Waals surface area contributed by atoms with Crippen LogP contribution in [0.2, 0.25) is 0 Å². The fraction of sp³-hybridized carbons (Fsp3) is 0.200. The maximum absolute atomic E-state index is 12.5. The average Bonchev–Trinajstić information content (AvgIpc) is 3.01. The third-order valence-electron chi connectivity index (χ3n) is 5.24. The summed E-state index contributed by atoms with van der Waals surface area (Å²) in [5.74, 6) is -0.421. The molecule has 0 saturated heterocycles. The van der Waals surface area contributed by atoms with Gasteiger partial charge in [0, 0.05) is 41.4 Å². The van der Waals surface area contributed by atoms with Crippen molar-refractivity contribution in [2.45, 2.75) is 27.7 Å². The summed E-state index contributed by atoms with van der Waals surface area (Å²) in [4.78, 5) is 24.4. The molecule has 1 heterocycles. The van der Waals surface area contributed by atoms with Crippen LogP contribution in [0.4, 0.5) is 5.69 Å². The van der Waals surface area contributed by atoms with Crippen LogP contribution in [0.15, 0.2) is 54.6 Å². The minimum absolute atomic E-state index is 0.178. The van der Waals surface area contributed by atoms with Crippen molar-refractivity contribution >= 4 is 23.6 Å². The first-order valence-electron chi connectivity index (χ1n) is 9.88. The first-order chi connectivity index (χ1) is 14.3. The van der Waals surface area contributed by atoms with Crippen LogP contribution in [0.1, 0.15) is 38.4 Å². The number of aryl methyl sites for hydroxylation is 2. The molecule has 5 nitrogen and oxygen atoms in total. The molecular weight excluding hydrogens is 374 g/mol. The second-order valence-corrected chi connectivity index (χ2v) is 7.38. The number of nitrogens with one attached hydrogen (secondary N) is 2. The molecule has 2 N–H and O–H groups in total. The third-order valence-corrected chi connectivity index (χ3v) is 5.24. The van der Waals surface area contributed by atoms with E-state index >= 15 is 0 Å². The van der Waals surface area contributed by atoms with Gasteiger partial charge in [-0.25, -0.2) is 0 Å². The van der Waals surface area contributed by atoms with Gasteiger partial charge in [0.25, 0.3) is 5.91 Å². The molecule has 5 heteroatoms. The van der Waals surface area contributed by atoms with Gasteiger partial charge in [-0.05, 0) is 75.2 Å². The summed E-state index contributed by atoms with van der Waals surface area (Å²) in [5, 5.41) is 5.48. The highest BCUT2D eigenvalue weighted by molar-refractivity contribution is 6.04. The fourth-order valence-corrected chi connectivity index (χ4v) is 3.54. The molecule has 3 aromatic rings. The van der Waals surface area contributed by atoms with Crippen molar-refractivity contribution in [1.82, 2.24) is 9.88 Å². The number of benzene rings is 2. The van der Waals surface area contributed by atoms with Crippen LogP contribution < -0.4 is 10.6 Å². The summed E-state index contributed by atoms with van der Waals surface area (Å²) in [5.41, 5.74) is 7.37. The summed E-state index contributed by atoms with van der Waals surface area (Å²) in [7, 11) is 1.59. The minimum Gasteiger partial charge on any atom is -0.355 e. The monoisotopic (exact) mass is 401 g/mol. The van der Waals surface area contributed by atoms with Gasteiger partial charge in [-0.3, -0.25) is 9.59 Å². The Hall–Kier alpha value is -3.60. The number of nitrogens with zero attached hydrogens (tertiary/aromatic N) is 1. The summed E-state index contributed by atoms with van der Waals surface area (Å²) in [6, 6.07) is 15.7. The Bertz CT molecular complexity index is 1120. The zero-order chi connectivity index (χ0) is 21.8. The molecule has 0 aliphatic rings. The van der Waals surface area contributed by atoms with E-state index in [1.807, 2.05) is 19.9 Å². The number of carbonyl (C=O) groups is 2. The topological polar surface area (TPSA) is 63.1 Å². The standard InChI is InChI=1S/C25H27N3O2/c1-16-9-12-21(13-10-16)28-17(2)15-20(19(28)4)11-14-24(29)27-23-8-6-7-22(18(23)3)25(30)26-5/h6-15H,1-5H3,(H,26,30)(H,27,29). The van der Waals surface area contributed by atoms with Crippen molar-refractivity contribution in [2.75, 3.05) is 12.4 Å². The zero-order valence-electron chi connectivity index (χ0n) is 18.0. The lowest BCUT2D eigenvalue weighted by molar-refractivity contribution is -0.111. The lowest BCUT2D eigenvalue weighted by Crippen LogP contribution is -2.20. The van der Waals surface area contributed by atoms with Crippen molar-refractivity contribution in [2.24, 2.45) is 0 Å². The molecule has 0 atom stereocenters. The van der Waals surface area contributed by atoms with Crippen molar-refractivity contribution in [3.8, 4) is 5.69 Å². The molecule has 0 saturated carbocycles. The van der Waals surface area contributed by atoms with E-state index in [0.29, 0.717) is 11.3 Å². The van der Waals surface area contributed by atoms with Crippen LogP contribution in [0, 0.1) is 27.7 Å². The third kappa shape index (κ3) is 4.35. The summed E-state index contributed by atoms with van der Waals surface area (Å²) >= 11 is 0. The van der Waals surface area contributed by atoms with Crippen molar-refractivity contribution in [3.63, 3.8) is 0 Å². The smallest absolute Gasteiger partial charge is 0.251 e. The Morgan fingerprint density at radius 3 is 2.33 bits per heavy atom. The van der Waals surface area contributed by atoms with Crippen LogP contribution in [-0.2, 0) is 4.79 Å². The Balaban J connectivity index is 1.80. The fourth-order valence-electron chi connectivity index (χ4n) is 3.54. The number of anilines is 1. The van der Waals surface area contributed by atoms with Gasteiger partial charge in [-0.2, -0.15) is 0 Å². The van der Waals surface area contributed by atoms with Gasteiger partial charge in [0.1, 0.15) is 0 Å². The van der Waals surface area contributed by atoms with E-state index in [9.17, 15) is 9.59 Å². The Morgan fingerprint density at radius 1 is 0.967 bits per heavy atom. The SMILES string of the molecule is CNC(=O)c1cccc(NC(=O)C=Cc2cc(C)n(-c3ccc(C)cc3)c2C)c1C. The van der Waals surface area contributed by atoms with Crippen molar-refractivity contribution < 1.29 is 9.59 Å². The maximum Gasteiger partial charge on any atom is 0.251 e. The van der Waals surface area contributed by atoms with E-state index in [2.05, 4.69) is 59.4 Å². The molecule has 0 fully saturated rings. The van der Waals surface area contributed by atoms with E-state index in [0.717, 1.165) is 28.2 Å². The Labute approximate surface area is 177 Å². The number of hydrogen-bond donors (Lipinski definition) is 2. The first kappa shape index (κ1) is 21.1. The number of amides is 2. The zero-order valence-corrected chi connectivity index (χ0v) is 18.0. The molecule has 3 rings (SSSR count). The lowest BCUT2D eigenvalue weighted by atomic mass is 10.1. The Kier molecular flexibility index (Phi) is 6.21. The number of carbonyl (C=O) groups excluding carboxylic acids is 2. The van der Waals surface area contributed by atoms with Crippen LogP contribution in [-0.4, -0.2) is 23.4 Å². The van der Waals surface area contributed by atoms with Crippen LogP contribution >= 0.6 is 0 Å². The van der Waals surface area contributed by atoms with E-state index in [4.69, 9.17) is 0 Å². The first-order valence-corrected chi connectivity index (χ1v) is 9.88. The number of aromatic nitrogens is 1. The van der Waals surface area contributed by atoms with Gasteiger partial charge in [0.2, 0.25) is 5.91 Å². The highest BCUT2D eigenvalue weighted by atomic mass is 16.2. The predicted molar refractivity (Wildman–Crippen MR) is 122 cm³/mol. The second kappa shape index (κ2) is 8.82. The van der Waals surface area contributed by atoms with Gasteiger partial charge in [0.05, 0.1) is 0 Å². The van der Waals surface area contributed by atoms with Gasteiger partial charge in [-0.15, -0.1) is 0 Å². The molecule has 0 radical (unpaired) electrons. The molecule has 154 valence electrons.